The second-order valence-corrected chi connectivity index (χ2v) is 7.32. The van der Waals surface area contributed by atoms with Gasteiger partial charge < -0.3 is 5.11 Å². The molecule has 0 saturated carbocycles. The number of hydrogen-bond acceptors (Lipinski definition) is 3. The van der Waals surface area contributed by atoms with Gasteiger partial charge in [-0.2, -0.15) is 0 Å². The van der Waals surface area contributed by atoms with Gasteiger partial charge in [0.1, 0.15) is 0 Å². The van der Waals surface area contributed by atoms with E-state index in [2.05, 4.69) is 27.3 Å². The number of sulfonamides is 1. The van der Waals surface area contributed by atoms with Gasteiger partial charge in [0, 0.05) is 9.26 Å². The Bertz CT molecular complexity index is 785. The summed E-state index contributed by atoms with van der Waals surface area (Å²) in [5.74, 6) is -1.04. The second-order valence-electron chi connectivity index (χ2n) is 4.39. The highest BCUT2D eigenvalue weighted by Crippen LogP contribution is 2.20. The Labute approximate surface area is 136 Å². The third-order valence-electron chi connectivity index (χ3n) is 2.83. The number of aromatic carboxylic acids is 1. The lowest BCUT2D eigenvalue weighted by atomic mass is 10.1. The zero-order valence-corrected chi connectivity index (χ0v) is 14.0. The van der Waals surface area contributed by atoms with Gasteiger partial charge in [0.25, 0.3) is 10.0 Å². The normalized spacial score (nSPS) is 11.1. The van der Waals surface area contributed by atoms with E-state index in [9.17, 15) is 13.2 Å². The van der Waals surface area contributed by atoms with Crippen molar-refractivity contribution in [2.75, 3.05) is 4.72 Å². The number of halogens is 1. The molecule has 21 heavy (non-hydrogen) atoms. The van der Waals surface area contributed by atoms with Crippen molar-refractivity contribution in [1.82, 2.24) is 0 Å². The molecule has 0 fully saturated rings. The third-order valence-corrected chi connectivity index (χ3v) is 4.95. The molecule has 0 spiro atoms. The summed E-state index contributed by atoms with van der Waals surface area (Å²) in [4.78, 5) is 11.1. The maximum atomic E-state index is 12.2. The maximum Gasteiger partial charge on any atom is 0.335 e. The van der Waals surface area contributed by atoms with Crippen molar-refractivity contribution in [3.05, 3.63) is 57.2 Å². The summed E-state index contributed by atoms with van der Waals surface area (Å²) < 4.78 is 27.8. The number of carboxylic acids is 1. The Kier molecular flexibility index (Phi) is 4.52. The molecular weight excluding hydrogens is 405 g/mol. The van der Waals surface area contributed by atoms with Gasteiger partial charge >= 0.3 is 5.97 Å². The average molecular weight is 417 g/mol. The van der Waals surface area contributed by atoms with Crippen molar-refractivity contribution in [1.29, 1.82) is 0 Å². The lowest BCUT2D eigenvalue weighted by molar-refractivity contribution is 0.0696. The van der Waals surface area contributed by atoms with Crippen molar-refractivity contribution >= 4 is 44.3 Å². The standard InChI is InChI=1S/C14H12INO4S/c1-9-8-11(4-7-13(9)14(17)18)16-21(19,20)12-5-2-10(15)3-6-12/h2-8,16H,1H3,(H,17,18). The van der Waals surface area contributed by atoms with Crippen LogP contribution in [0.15, 0.2) is 47.4 Å². The van der Waals surface area contributed by atoms with Gasteiger partial charge in [-0.05, 0) is 77.5 Å². The summed E-state index contributed by atoms with van der Waals surface area (Å²) in [5, 5.41) is 8.95. The van der Waals surface area contributed by atoms with Crippen LogP contribution in [0.1, 0.15) is 15.9 Å². The monoisotopic (exact) mass is 417 g/mol. The van der Waals surface area contributed by atoms with E-state index in [1.54, 1.807) is 19.1 Å². The van der Waals surface area contributed by atoms with Gasteiger partial charge in [0.05, 0.1) is 10.5 Å². The smallest absolute Gasteiger partial charge is 0.335 e. The molecule has 0 heterocycles. The number of aryl methyl sites for hydroxylation is 1. The predicted octanol–water partition coefficient (Wildman–Crippen LogP) is 3.10. The number of anilines is 1. The maximum absolute atomic E-state index is 12.2. The number of hydrogen-bond donors (Lipinski definition) is 2. The molecule has 2 rings (SSSR count). The van der Waals surface area contributed by atoms with Crippen LogP contribution in [0.3, 0.4) is 0 Å². The molecule has 110 valence electrons. The molecular formula is C14H12INO4S. The van der Waals surface area contributed by atoms with Gasteiger partial charge in [-0.3, -0.25) is 4.72 Å². The van der Waals surface area contributed by atoms with Crippen LogP contribution in [-0.2, 0) is 10.0 Å². The average Bonchev–Trinajstić information content (AvgIpc) is 2.38. The van der Waals surface area contributed by atoms with E-state index < -0.39 is 16.0 Å². The molecule has 2 aromatic rings. The van der Waals surface area contributed by atoms with Crippen LogP contribution in [0, 0.1) is 10.5 Å². The third kappa shape index (κ3) is 3.73. The van der Waals surface area contributed by atoms with Gasteiger partial charge in [0.2, 0.25) is 0 Å². The number of benzene rings is 2. The van der Waals surface area contributed by atoms with Gasteiger partial charge in [-0.15, -0.1) is 0 Å². The van der Waals surface area contributed by atoms with Crippen LogP contribution in [0.25, 0.3) is 0 Å². The van der Waals surface area contributed by atoms with Gasteiger partial charge in [-0.1, -0.05) is 0 Å². The number of rotatable bonds is 4. The van der Waals surface area contributed by atoms with Crippen molar-refractivity contribution in [3.8, 4) is 0 Å². The van der Waals surface area contributed by atoms with Crippen molar-refractivity contribution in [3.63, 3.8) is 0 Å². The Balaban J connectivity index is 2.31. The molecule has 2 N–H and O–H groups in total. The number of carboxylic acid groups (broad SMARTS) is 1. The van der Waals surface area contributed by atoms with Crippen LogP contribution in [0.5, 0.6) is 0 Å². The topological polar surface area (TPSA) is 83.5 Å². The first-order valence-corrected chi connectivity index (χ1v) is 8.48. The van der Waals surface area contributed by atoms with Gasteiger partial charge in [-0.25, -0.2) is 13.2 Å². The first-order chi connectivity index (χ1) is 9.79. The summed E-state index contributed by atoms with van der Waals surface area (Å²) in [6, 6.07) is 10.7. The molecule has 2 aromatic carbocycles. The van der Waals surface area contributed by atoms with E-state index in [0.29, 0.717) is 11.3 Å². The zero-order valence-electron chi connectivity index (χ0n) is 11.0. The van der Waals surface area contributed by atoms with E-state index in [-0.39, 0.29) is 10.5 Å². The molecule has 0 aliphatic carbocycles. The molecule has 0 radical (unpaired) electrons. The molecule has 0 aliphatic rings. The Morgan fingerprint density at radius 3 is 2.29 bits per heavy atom. The lowest BCUT2D eigenvalue weighted by Gasteiger charge is -2.10. The first kappa shape index (κ1) is 15.8. The lowest BCUT2D eigenvalue weighted by Crippen LogP contribution is -2.13. The molecule has 5 nitrogen and oxygen atoms in total. The summed E-state index contributed by atoms with van der Waals surface area (Å²) >= 11 is 2.09. The molecule has 0 aliphatic heterocycles. The predicted molar refractivity (Wildman–Crippen MR) is 88.1 cm³/mol. The fourth-order valence-corrected chi connectivity index (χ4v) is 3.20. The zero-order chi connectivity index (χ0) is 15.6. The fourth-order valence-electron chi connectivity index (χ4n) is 1.79. The SMILES string of the molecule is Cc1cc(NS(=O)(=O)c2ccc(I)cc2)ccc1C(=O)O. The number of carbonyl (C=O) groups is 1. The van der Waals surface area contributed by atoms with E-state index in [4.69, 9.17) is 5.11 Å². The summed E-state index contributed by atoms with van der Waals surface area (Å²) in [6.07, 6.45) is 0. The minimum absolute atomic E-state index is 0.146. The van der Waals surface area contributed by atoms with E-state index >= 15 is 0 Å². The van der Waals surface area contributed by atoms with Crippen molar-refractivity contribution in [2.24, 2.45) is 0 Å². The molecule has 0 unspecified atom stereocenters. The molecule has 0 atom stereocenters. The second kappa shape index (κ2) is 6.02. The molecule has 0 amide bonds. The summed E-state index contributed by atoms with van der Waals surface area (Å²) in [7, 11) is -3.68. The van der Waals surface area contributed by atoms with Gasteiger partial charge in [0.15, 0.2) is 0 Å². The van der Waals surface area contributed by atoms with Crippen LogP contribution in [0.4, 0.5) is 5.69 Å². The molecule has 7 heteroatoms. The fraction of sp³-hybridized carbons (Fsp3) is 0.0714. The highest BCUT2D eigenvalue weighted by molar-refractivity contribution is 14.1. The molecule has 0 bridgehead atoms. The summed E-state index contributed by atoms with van der Waals surface area (Å²) in [5.41, 5.74) is 0.966. The Hall–Kier alpha value is -1.61. The highest BCUT2D eigenvalue weighted by Gasteiger charge is 2.15. The van der Waals surface area contributed by atoms with Crippen LogP contribution in [-0.4, -0.2) is 19.5 Å². The minimum Gasteiger partial charge on any atom is -0.478 e. The highest BCUT2D eigenvalue weighted by atomic mass is 127. The number of nitrogens with one attached hydrogen (secondary N) is 1. The minimum atomic E-state index is -3.68. The molecule has 0 saturated heterocycles. The van der Waals surface area contributed by atoms with E-state index in [1.165, 1.54) is 30.3 Å². The summed E-state index contributed by atoms with van der Waals surface area (Å²) in [6.45, 7) is 1.62. The Morgan fingerprint density at radius 1 is 1.14 bits per heavy atom. The molecule has 0 aromatic heterocycles. The van der Waals surface area contributed by atoms with E-state index in [0.717, 1.165) is 3.57 Å². The van der Waals surface area contributed by atoms with Crippen molar-refractivity contribution in [2.45, 2.75) is 11.8 Å². The van der Waals surface area contributed by atoms with Crippen LogP contribution < -0.4 is 4.72 Å². The van der Waals surface area contributed by atoms with Crippen molar-refractivity contribution < 1.29 is 18.3 Å². The van der Waals surface area contributed by atoms with Crippen LogP contribution >= 0.6 is 22.6 Å². The van der Waals surface area contributed by atoms with Crippen LogP contribution in [0.2, 0.25) is 0 Å². The Morgan fingerprint density at radius 2 is 1.76 bits per heavy atom. The quantitative estimate of drug-likeness (QED) is 0.750. The van der Waals surface area contributed by atoms with E-state index in [1.807, 2.05) is 0 Å². The largest absolute Gasteiger partial charge is 0.478 e. The first-order valence-electron chi connectivity index (χ1n) is 5.92.